The van der Waals surface area contributed by atoms with Gasteiger partial charge in [0.15, 0.2) is 12.4 Å². The smallest absolute Gasteiger partial charge is 0.223 e. The lowest BCUT2D eigenvalue weighted by Gasteiger charge is -2.17. The van der Waals surface area contributed by atoms with Crippen LogP contribution in [0.25, 0.3) is 0 Å². The van der Waals surface area contributed by atoms with E-state index in [4.69, 9.17) is 28.0 Å². The van der Waals surface area contributed by atoms with E-state index < -0.39 is 0 Å². The zero-order chi connectivity index (χ0) is 16.2. The van der Waals surface area contributed by atoms with Gasteiger partial charge < -0.3 is 10.5 Å². The summed E-state index contributed by atoms with van der Waals surface area (Å²) in [6.45, 7) is 1.59. The number of hydroxylamine groups is 2. The second-order valence-corrected chi connectivity index (χ2v) is 5.69. The summed E-state index contributed by atoms with van der Waals surface area (Å²) in [6, 6.07) is 8.71. The van der Waals surface area contributed by atoms with E-state index in [1.807, 2.05) is 6.07 Å². The first-order chi connectivity index (χ1) is 11.1. The van der Waals surface area contributed by atoms with Crippen LogP contribution < -0.4 is 10.0 Å². The molecule has 25 heavy (non-hydrogen) atoms. The van der Waals surface area contributed by atoms with E-state index >= 15 is 0 Å². The van der Waals surface area contributed by atoms with Gasteiger partial charge in [-0.3, -0.25) is 4.84 Å². The Labute approximate surface area is 167 Å². The lowest BCUT2D eigenvalue weighted by atomic mass is 10.3. The molecular weight excluding hydrogens is 410 g/mol. The second kappa shape index (κ2) is 9.89. The van der Waals surface area contributed by atoms with Crippen molar-refractivity contribution >= 4 is 59.7 Å². The Kier molecular flexibility index (Phi) is 8.55. The van der Waals surface area contributed by atoms with Gasteiger partial charge in [-0.15, -0.1) is 24.8 Å². The molecule has 0 aliphatic carbocycles. The van der Waals surface area contributed by atoms with Crippen molar-refractivity contribution in [3.63, 3.8) is 0 Å². The van der Waals surface area contributed by atoms with E-state index in [2.05, 4.69) is 10.3 Å². The summed E-state index contributed by atoms with van der Waals surface area (Å²) in [7, 11) is 0. The Morgan fingerprint density at radius 1 is 1.20 bits per heavy atom. The van der Waals surface area contributed by atoms with Gasteiger partial charge in [0.2, 0.25) is 5.96 Å². The standard InChI is InChI=1S/C15H14Cl2N4O2.2ClH/c16-12-4-1-5-13(17)14(12)19-15-18-6-8-21(15)23-10-11-3-2-7-20(22)9-11;;/h1-5,7,9H,6,8,10H2,(H,18,19);2*1H. The van der Waals surface area contributed by atoms with Crippen LogP contribution in [0.1, 0.15) is 5.56 Å². The molecule has 1 aliphatic rings. The van der Waals surface area contributed by atoms with Crippen LogP contribution in [0.15, 0.2) is 47.7 Å². The highest BCUT2D eigenvalue weighted by molar-refractivity contribution is 6.38. The molecule has 1 saturated heterocycles. The van der Waals surface area contributed by atoms with Crippen molar-refractivity contribution in [1.29, 1.82) is 0 Å². The van der Waals surface area contributed by atoms with Crippen molar-refractivity contribution < 1.29 is 9.57 Å². The zero-order valence-corrected chi connectivity index (χ0v) is 16.0. The summed E-state index contributed by atoms with van der Waals surface area (Å²) in [5, 5.41) is 16.9. The monoisotopic (exact) mass is 424 g/mol. The predicted molar refractivity (Wildman–Crippen MR) is 103 cm³/mol. The van der Waals surface area contributed by atoms with Gasteiger partial charge in [-0.1, -0.05) is 29.3 Å². The van der Waals surface area contributed by atoms with Gasteiger partial charge in [0.05, 0.1) is 16.6 Å². The van der Waals surface area contributed by atoms with Gasteiger partial charge in [0, 0.05) is 18.2 Å². The molecule has 3 rings (SSSR count). The van der Waals surface area contributed by atoms with Gasteiger partial charge in [-0.25, -0.2) is 10.1 Å². The van der Waals surface area contributed by atoms with E-state index in [0.717, 1.165) is 10.3 Å². The van der Waals surface area contributed by atoms with Crippen molar-refractivity contribution in [3.8, 4) is 0 Å². The third kappa shape index (κ3) is 5.52. The number of guanidine groups is 1. The number of hydrogen-bond donors (Lipinski definition) is 1. The third-order valence-electron chi connectivity index (χ3n) is 3.21. The molecule has 1 fully saturated rings. The molecule has 0 atom stereocenters. The minimum Gasteiger partial charge on any atom is -0.619 e. The lowest BCUT2D eigenvalue weighted by Crippen LogP contribution is -2.30. The Morgan fingerprint density at radius 3 is 2.60 bits per heavy atom. The molecule has 1 aromatic carbocycles. The minimum absolute atomic E-state index is 0. The summed E-state index contributed by atoms with van der Waals surface area (Å²) < 4.78 is 0.736. The fourth-order valence-electron chi connectivity index (χ4n) is 2.12. The molecule has 0 bridgehead atoms. The number of rotatable bonds is 4. The first-order valence-electron chi connectivity index (χ1n) is 6.98. The molecule has 0 radical (unpaired) electrons. The summed E-state index contributed by atoms with van der Waals surface area (Å²) in [4.78, 5) is 10.2. The van der Waals surface area contributed by atoms with Crippen LogP contribution in [0.4, 0.5) is 5.69 Å². The normalized spacial score (nSPS) is 14.6. The van der Waals surface area contributed by atoms with Crippen LogP contribution in [-0.2, 0) is 11.4 Å². The topological polar surface area (TPSA) is 63.8 Å². The van der Waals surface area contributed by atoms with Crippen LogP contribution >= 0.6 is 48.0 Å². The van der Waals surface area contributed by atoms with Crippen molar-refractivity contribution in [1.82, 2.24) is 10.4 Å². The van der Waals surface area contributed by atoms with Crippen molar-refractivity contribution in [3.05, 3.63) is 63.5 Å². The molecule has 2 aromatic rings. The fourth-order valence-corrected chi connectivity index (χ4v) is 2.61. The van der Waals surface area contributed by atoms with E-state index in [0.29, 0.717) is 34.8 Å². The minimum atomic E-state index is 0. The first-order valence-corrected chi connectivity index (χ1v) is 7.74. The largest absolute Gasteiger partial charge is 0.619 e. The lowest BCUT2D eigenvalue weighted by molar-refractivity contribution is -0.606. The molecule has 0 saturated carbocycles. The van der Waals surface area contributed by atoms with Crippen LogP contribution in [0.2, 0.25) is 10.0 Å². The van der Waals surface area contributed by atoms with E-state index in [1.165, 1.54) is 12.4 Å². The Bertz CT molecular complexity index is 725. The van der Waals surface area contributed by atoms with Gasteiger partial charge >= 0.3 is 0 Å². The molecule has 1 aliphatic heterocycles. The number of nitrogens with one attached hydrogen (secondary N) is 1. The summed E-state index contributed by atoms with van der Waals surface area (Å²) in [5.41, 5.74) is 1.26. The highest BCUT2D eigenvalue weighted by atomic mass is 35.5. The first kappa shape index (κ1) is 21.6. The van der Waals surface area contributed by atoms with Crippen LogP contribution in [0, 0.1) is 5.21 Å². The van der Waals surface area contributed by atoms with Gasteiger partial charge in [-0.05, 0) is 18.2 Å². The molecule has 10 heteroatoms. The zero-order valence-electron chi connectivity index (χ0n) is 12.9. The van der Waals surface area contributed by atoms with Gasteiger partial charge in [0.1, 0.15) is 12.3 Å². The Hall–Kier alpha value is -1.44. The van der Waals surface area contributed by atoms with Crippen molar-refractivity contribution in [2.24, 2.45) is 4.99 Å². The summed E-state index contributed by atoms with van der Waals surface area (Å²) in [5.74, 6) is 0.533. The van der Waals surface area contributed by atoms with E-state index in [-0.39, 0.29) is 31.4 Å². The SMILES string of the molecule is Cl.Cl.[O-][n+]1cccc(CON2CCNC2=Nc2c(Cl)cccc2Cl)c1. The molecule has 1 aromatic heterocycles. The van der Waals surface area contributed by atoms with Crippen LogP contribution in [0.3, 0.4) is 0 Å². The molecule has 0 unspecified atom stereocenters. The number of aliphatic imine (C=N–C) groups is 1. The number of pyridine rings is 1. The van der Waals surface area contributed by atoms with Crippen molar-refractivity contribution in [2.75, 3.05) is 13.1 Å². The molecular formula is C15H16Cl4N4O2. The highest BCUT2D eigenvalue weighted by Crippen LogP contribution is 2.33. The molecule has 1 N–H and O–H groups in total. The third-order valence-corrected chi connectivity index (χ3v) is 3.82. The van der Waals surface area contributed by atoms with Gasteiger partial charge in [0.25, 0.3) is 0 Å². The molecule has 6 nitrogen and oxygen atoms in total. The molecule has 136 valence electrons. The number of benzene rings is 1. The maximum absolute atomic E-state index is 11.2. The van der Waals surface area contributed by atoms with E-state index in [1.54, 1.807) is 29.3 Å². The number of hydrogen-bond acceptors (Lipinski definition) is 3. The maximum atomic E-state index is 11.2. The predicted octanol–water partition coefficient (Wildman–Crippen LogP) is 3.49. The summed E-state index contributed by atoms with van der Waals surface area (Å²) >= 11 is 12.3. The van der Waals surface area contributed by atoms with E-state index in [9.17, 15) is 5.21 Å². The Morgan fingerprint density at radius 2 is 1.92 bits per heavy atom. The average molecular weight is 426 g/mol. The number of aromatic nitrogens is 1. The second-order valence-electron chi connectivity index (χ2n) is 4.88. The highest BCUT2D eigenvalue weighted by Gasteiger charge is 2.20. The maximum Gasteiger partial charge on any atom is 0.223 e. The quantitative estimate of drug-likeness (QED) is 0.601. The van der Waals surface area contributed by atoms with Crippen LogP contribution in [0.5, 0.6) is 0 Å². The Balaban J connectivity index is 0.00000156. The molecule has 2 heterocycles. The number of para-hydroxylation sites is 1. The summed E-state index contributed by atoms with van der Waals surface area (Å²) in [6.07, 6.45) is 2.89. The number of nitrogens with zero attached hydrogens (tertiary/aromatic N) is 3. The molecule has 0 spiro atoms. The van der Waals surface area contributed by atoms with Crippen molar-refractivity contribution in [2.45, 2.75) is 6.61 Å². The average Bonchev–Trinajstić information content (AvgIpc) is 2.96. The number of halogens is 4. The molecule has 0 amide bonds. The van der Waals surface area contributed by atoms with Crippen LogP contribution in [-0.4, -0.2) is 24.1 Å². The van der Waals surface area contributed by atoms with Gasteiger partial charge in [-0.2, -0.15) is 4.73 Å². The fraction of sp³-hybridized carbons (Fsp3) is 0.200.